The number of aromatic amines is 1. The summed E-state index contributed by atoms with van der Waals surface area (Å²) in [5, 5.41) is 0.371. The average molecular weight is 304 g/mol. The molecule has 3 fully saturated rings. The number of pyridine rings is 1. The Bertz CT molecular complexity index is 910. The van der Waals surface area contributed by atoms with E-state index in [2.05, 4.69) is 9.97 Å². The van der Waals surface area contributed by atoms with E-state index < -0.39 is 5.67 Å². The quantitative estimate of drug-likeness (QED) is 0.899. The highest BCUT2D eigenvalue weighted by Crippen LogP contribution is 2.65. The zero-order valence-corrected chi connectivity index (χ0v) is 12.7. The lowest BCUT2D eigenvalue weighted by atomic mass is 9.46. The molecule has 22 heavy (non-hydrogen) atoms. The number of H-pyrrole nitrogens is 1. The van der Waals surface area contributed by atoms with Crippen LogP contribution in [0.15, 0.2) is 15.7 Å². The normalized spacial score (nSPS) is 29.1. The van der Waals surface area contributed by atoms with Crippen molar-refractivity contribution < 1.29 is 4.39 Å². The van der Waals surface area contributed by atoms with Gasteiger partial charge in [-0.3, -0.25) is 14.2 Å². The van der Waals surface area contributed by atoms with E-state index in [-0.39, 0.29) is 16.7 Å². The number of aryl methyl sites for hydroxylation is 2. The van der Waals surface area contributed by atoms with Crippen LogP contribution in [0, 0.1) is 6.92 Å². The minimum atomic E-state index is -1.04. The highest BCUT2D eigenvalue weighted by atomic mass is 19.1. The minimum absolute atomic E-state index is 0.217. The van der Waals surface area contributed by atoms with Crippen LogP contribution in [-0.4, -0.2) is 32.8 Å². The molecule has 2 bridgehead atoms. The van der Waals surface area contributed by atoms with Gasteiger partial charge < -0.3 is 9.88 Å². The Morgan fingerprint density at radius 1 is 1.36 bits per heavy atom. The van der Waals surface area contributed by atoms with Crippen molar-refractivity contribution in [2.45, 2.75) is 37.4 Å². The van der Waals surface area contributed by atoms with Crippen LogP contribution in [0.4, 0.5) is 10.1 Å². The lowest BCUT2D eigenvalue weighted by molar-refractivity contribution is -0.150. The van der Waals surface area contributed by atoms with Crippen molar-refractivity contribution in [3.05, 3.63) is 32.6 Å². The molecule has 0 saturated heterocycles. The zero-order valence-electron chi connectivity index (χ0n) is 12.7. The number of hydrogen-bond donors (Lipinski definition) is 1. The fourth-order valence-electron chi connectivity index (χ4n) is 3.90. The smallest absolute Gasteiger partial charge is 0.275 e. The third kappa shape index (κ3) is 1.51. The van der Waals surface area contributed by atoms with Crippen molar-refractivity contribution in [2.75, 3.05) is 11.9 Å². The molecule has 3 aliphatic carbocycles. The molecule has 0 atom stereocenters. The van der Waals surface area contributed by atoms with Crippen LogP contribution in [0.3, 0.4) is 0 Å². The van der Waals surface area contributed by atoms with Crippen LogP contribution in [-0.2, 0) is 7.05 Å². The van der Waals surface area contributed by atoms with Gasteiger partial charge in [0.25, 0.3) is 11.1 Å². The zero-order chi connectivity index (χ0) is 15.9. The lowest BCUT2D eigenvalue weighted by Gasteiger charge is -2.69. The van der Waals surface area contributed by atoms with Gasteiger partial charge in [0.15, 0.2) is 0 Å². The Kier molecular flexibility index (Phi) is 2.31. The summed E-state index contributed by atoms with van der Waals surface area (Å²) < 4.78 is 15.1. The predicted molar refractivity (Wildman–Crippen MR) is 81.2 cm³/mol. The van der Waals surface area contributed by atoms with Crippen LogP contribution in [0.25, 0.3) is 11.0 Å². The van der Waals surface area contributed by atoms with E-state index in [1.54, 1.807) is 27.1 Å². The third-order valence-corrected chi connectivity index (χ3v) is 5.19. The van der Waals surface area contributed by atoms with E-state index in [1.807, 2.05) is 4.90 Å². The summed E-state index contributed by atoms with van der Waals surface area (Å²) in [6.45, 7) is 1.67. The Hall–Kier alpha value is -2.18. The van der Waals surface area contributed by atoms with Gasteiger partial charge in [0.1, 0.15) is 22.8 Å². The van der Waals surface area contributed by atoms with Crippen molar-refractivity contribution in [3.8, 4) is 0 Å². The fourth-order valence-corrected chi connectivity index (χ4v) is 3.90. The number of fused-ring (bicyclic) bond motifs is 1. The van der Waals surface area contributed by atoms with Gasteiger partial charge in [-0.1, -0.05) is 0 Å². The van der Waals surface area contributed by atoms with Crippen LogP contribution in [0.5, 0.6) is 0 Å². The standard InChI is InChI=1S/C15H17FN4O2/c1-8-17-11-9(12(21)18-8)4-10(13(22)19(11)2)20(3)15-5-14(16,6-15)7-15/h4H,5-7H2,1-3H3,(H,17,18,21). The predicted octanol–water partition coefficient (Wildman–Crippen LogP) is 1.01. The number of rotatable bonds is 2. The van der Waals surface area contributed by atoms with Crippen LogP contribution in [0.1, 0.15) is 25.1 Å². The molecule has 5 rings (SSSR count). The van der Waals surface area contributed by atoms with Crippen molar-refractivity contribution >= 4 is 16.7 Å². The Labute approximate surface area is 125 Å². The molecule has 0 aromatic carbocycles. The average Bonchev–Trinajstić information content (AvgIpc) is 2.38. The molecule has 1 N–H and O–H groups in total. The highest BCUT2D eigenvalue weighted by Gasteiger charge is 2.71. The topological polar surface area (TPSA) is 71.0 Å². The largest absolute Gasteiger partial charge is 0.364 e. The second-order valence-corrected chi connectivity index (χ2v) is 6.75. The molecule has 0 unspecified atom stereocenters. The van der Waals surface area contributed by atoms with Crippen molar-refractivity contribution in [1.29, 1.82) is 0 Å². The molecule has 2 aromatic rings. The number of anilines is 1. The van der Waals surface area contributed by atoms with E-state index in [9.17, 15) is 14.0 Å². The molecule has 2 heterocycles. The van der Waals surface area contributed by atoms with Gasteiger partial charge in [0.2, 0.25) is 0 Å². The Morgan fingerprint density at radius 2 is 2.00 bits per heavy atom. The number of hydrogen-bond acceptors (Lipinski definition) is 4. The molecular weight excluding hydrogens is 287 g/mol. The summed E-state index contributed by atoms with van der Waals surface area (Å²) in [4.78, 5) is 33.5. The Morgan fingerprint density at radius 3 is 2.59 bits per heavy atom. The molecule has 6 nitrogen and oxygen atoms in total. The number of halogens is 1. The number of alkyl halides is 1. The summed E-state index contributed by atoms with van der Waals surface area (Å²) in [6.07, 6.45) is 1.38. The fraction of sp³-hybridized carbons (Fsp3) is 0.533. The first-order chi connectivity index (χ1) is 10.2. The molecule has 3 aliphatic rings. The molecule has 116 valence electrons. The molecule has 0 radical (unpaired) electrons. The Balaban J connectivity index is 1.91. The monoisotopic (exact) mass is 304 g/mol. The molecule has 0 amide bonds. The summed E-state index contributed by atoms with van der Waals surface area (Å²) in [5.41, 5.74) is -1.00. The van der Waals surface area contributed by atoms with Crippen LogP contribution in [0.2, 0.25) is 0 Å². The van der Waals surface area contributed by atoms with Gasteiger partial charge in [-0.2, -0.15) is 0 Å². The minimum Gasteiger partial charge on any atom is -0.364 e. The van der Waals surface area contributed by atoms with Crippen LogP contribution >= 0.6 is 0 Å². The summed E-state index contributed by atoms with van der Waals surface area (Å²) in [6, 6.07) is 1.58. The SMILES string of the molecule is Cc1nc2c(cc(N(C)C34CC(F)(C3)C4)c(=O)n2C)c(=O)[nH]1. The van der Waals surface area contributed by atoms with Gasteiger partial charge in [0, 0.05) is 38.9 Å². The maximum Gasteiger partial charge on any atom is 0.275 e. The number of aromatic nitrogens is 3. The first-order valence-corrected chi connectivity index (χ1v) is 7.28. The van der Waals surface area contributed by atoms with Crippen molar-refractivity contribution in [1.82, 2.24) is 14.5 Å². The maximum atomic E-state index is 13.8. The van der Waals surface area contributed by atoms with E-state index in [1.165, 1.54) is 4.57 Å². The van der Waals surface area contributed by atoms with Gasteiger partial charge in [-0.15, -0.1) is 0 Å². The van der Waals surface area contributed by atoms with Crippen molar-refractivity contribution in [3.63, 3.8) is 0 Å². The van der Waals surface area contributed by atoms with Gasteiger partial charge in [0.05, 0.1) is 5.39 Å². The molecular formula is C15H17FN4O2. The summed E-state index contributed by atoms with van der Waals surface area (Å²) >= 11 is 0. The van der Waals surface area contributed by atoms with Crippen molar-refractivity contribution in [2.24, 2.45) is 7.05 Å². The first-order valence-electron chi connectivity index (χ1n) is 7.28. The third-order valence-electron chi connectivity index (χ3n) is 5.19. The molecule has 0 aliphatic heterocycles. The summed E-state index contributed by atoms with van der Waals surface area (Å²) in [7, 11) is 3.41. The molecule has 3 saturated carbocycles. The molecule has 0 spiro atoms. The first kappa shape index (κ1) is 13.5. The lowest BCUT2D eigenvalue weighted by Crippen LogP contribution is -2.76. The van der Waals surface area contributed by atoms with Gasteiger partial charge >= 0.3 is 0 Å². The number of nitrogens with one attached hydrogen (secondary N) is 1. The van der Waals surface area contributed by atoms with Gasteiger partial charge in [-0.25, -0.2) is 9.37 Å². The van der Waals surface area contributed by atoms with E-state index in [0.717, 1.165) is 0 Å². The van der Waals surface area contributed by atoms with Crippen LogP contribution < -0.4 is 16.0 Å². The van der Waals surface area contributed by atoms with E-state index in [4.69, 9.17) is 0 Å². The second-order valence-electron chi connectivity index (χ2n) is 6.75. The van der Waals surface area contributed by atoms with E-state index in [0.29, 0.717) is 41.8 Å². The summed E-state index contributed by atoms with van der Waals surface area (Å²) in [5.74, 6) is 0.465. The molecule has 7 heteroatoms. The number of nitrogens with zero attached hydrogens (tertiary/aromatic N) is 3. The van der Waals surface area contributed by atoms with Gasteiger partial charge in [-0.05, 0) is 13.0 Å². The highest BCUT2D eigenvalue weighted by molar-refractivity contribution is 5.78. The second kappa shape index (κ2) is 3.77. The van der Waals surface area contributed by atoms with E-state index >= 15 is 0 Å². The maximum absolute atomic E-state index is 13.8. The molecule has 2 aromatic heterocycles.